The van der Waals surface area contributed by atoms with Crippen LogP contribution in [0.15, 0.2) is 24.3 Å². The Kier molecular flexibility index (Phi) is 2.54. The highest BCUT2D eigenvalue weighted by Crippen LogP contribution is 2.45. The van der Waals surface area contributed by atoms with Gasteiger partial charge in [0.05, 0.1) is 5.92 Å². The third-order valence-electron chi connectivity index (χ3n) is 3.98. The third kappa shape index (κ3) is 1.70. The number of para-hydroxylation sites is 1. The Balaban J connectivity index is 2.05. The van der Waals surface area contributed by atoms with Gasteiger partial charge in [-0.2, -0.15) is 0 Å². The number of benzene rings is 1. The van der Waals surface area contributed by atoms with Gasteiger partial charge in [-0.05, 0) is 25.3 Å². The minimum Gasteiger partial charge on any atom is -0.490 e. The van der Waals surface area contributed by atoms with Gasteiger partial charge in [-0.3, -0.25) is 4.79 Å². The van der Waals surface area contributed by atoms with E-state index in [4.69, 9.17) is 4.74 Å². The average molecular weight is 232 g/mol. The molecule has 1 aliphatic carbocycles. The maximum atomic E-state index is 11.5. The number of hydrogen-bond donors (Lipinski definition) is 1. The molecule has 0 radical (unpaired) electrons. The molecule has 1 aromatic carbocycles. The van der Waals surface area contributed by atoms with Crippen LogP contribution in [0.25, 0.3) is 0 Å². The van der Waals surface area contributed by atoms with Gasteiger partial charge in [-0.1, -0.05) is 24.6 Å². The Bertz CT molecular complexity index is 441. The summed E-state index contributed by atoms with van der Waals surface area (Å²) < 4.78 is 5.95. The fourth-order valence-corrected chi connectivity index (χ4v) is 3.21. The van der Waals surface area contributed by atoms with E-state index in [1.165, 1.54) is 0 Å². The van der Waals surface area contributed by atoms with Crippen LogP contribution in [0.3, 0.4) is 0 Å². The highest BCUT2D eigenvalue weighted by Gasteiger charge is 2.42. The maximum absolute atomic E-state index is 11.5. The molecule has 3 atom stereocenters. The standard InChI is InChI=1S/C14H16O3/c15-14(16)13-9-5-1-3-7-11(9)17-12-8-4-2-6-10(12)13/h1,3,5,7,10,12-13H,2,4,6,8H2,(H,15,16)/t10-,12-,13-/m1/s1. The Morgan fingerprint density at radius 3 is 2.82 bits per heavy atom. The Hall–Kier alpha value is -1.51. The van der Waals surface area contributed by atoms with Crippen LogP contribution in [-0.2, 0) is 4.79 Å². The van der Waals surface area contributed by atoms with Crippen molar-refractivity contribution in [3.63, 3.8) is 0 Å². The molecule has 0 amide bonds. The predicted octanol–water partition coefficient (Wildman–Crippen LogP) is 2.81. The van der Waals surface area contributed by atoms with Crippen molar-refractivity contribution in [3.05, 3.63) is 29.8 Å². The maximum Gasteiger partial charge on any atom is 0.311 e. The van der Waals surface area contributed by atoms with Gasteiger partial charge >= 0.3 is 5.97 Å². The van der Waals surface area contributed by atoms with Gasteiger partial charge in [0.25, 0.3) is 0 Å². The zero-order chi connectivity index (χ0) is 11.8. The van der Waals surface area contributed by atoms with E-state index in [0.29, 0.717) is 0 Å². The molecule has 3 nitrogen and oxygen atoms in total. The number of carbonyl (C=O) groups is 1. The number of aliphatic carboxylic acids is 1. The molecule has 3 heteroatoms. The molecule has 1 saturated carbocycles. The zero-order valence-electron chi connectivity index (χ0n) is 9.63. The predicted molar refractivity (Wildman–Crippen MR) is 63.2 cm³/mol. The van der Waals surface area contributed by atoms with E-state index >= 15 is 0 Å². The molecule has 2 aliphatic rings. The summed E-state index contributed by atoms with van der Waals surface area (Å²) in [4.78, 5) is 11.5. The van der Waals surface area contributed by atoms with Crippen molar-refractivity contribution in [1.29, 1.82) is 0 Å². The second-order valence-electron chi connectivity index (χ2n) is 4.96. The summed E-state index contributed by atoms with van der Waals surface area (Å²) in [5.74, 6) is -0.179. The molecular weight excluding hydrogens is 216 g/mol. The fourth-order valence-electron chi connectivity index (χ4n) is 3.21. The van der Waals surface area contributed by atoms with Crippen LogP contribution in [0, 0.1) is 5.92 Å². The second-order valence-corrected chi connectivity index (χ2v) is 4.96. The van der Waals surface area contributed by atoms with E-state index in [2.05, 4.69) is 0 Å². The first-order chi connectivity index (χ1) is 8.27. The normalized spacial score (nSPS) is 30.9. The first-order valence-electron chi connectivity index (χ1n) is 6.26. The summed E-state index contributed by atoms with van der Waals surface area (Å²) >= 11 is 0. The van der Waals surface area contributed by atoms with Crippen LogP contribution in [0.2, 0.25) is 0 Å². The smallest absolute Gasteiger partial charge is 0.311 e. The number of hydrogen-bond acceptors (Lipinski definition) is 2. The van der Waals surface area contributed by atoms with Crippen LogP contribution in [0.5, 0.6) is 5.75 Å². The lowest BCUT2D eigenvalue weighted by Crippen LogP contribution is -2.41. The van der Waals surface area contributed by atoms with Gasteiger partial charge < -0.3 is 9.84 Å². The molecule has 3 rings (SSSR count). The number of fused-ring (bicyclic) bond motifs is 2. The largest absolute Gasteiger partial charge is 0.490 e. The molecule has 0 unspecified atom stereocenters. The van der Waals surface area contributed by atoms with E-state index in [1.807, 2.05) is 24.3 Å². The lowest BCUT2D eigenvalue weighted by atomic mass is 9.73. The van der Waals surface area contributed by atoms with Crippen LogP contribution < -0.4 is 4.74 Å². The summed E-state index contributed by atoms with van der Waals surface area (Å²) in [6.45, 7) is 0. The molecule has 17 heavy (non-hydrogen) atoms. The third-order valence-corrected chi connectivity index (χ3v) is 3.98. The van der Waals surface area contributed by atoms with Crippen molar-refractivity contribution in [1.82, 2.24) is 0 Å². The quantitative estimate of drug-likeness (QED) is 0.809. The molecule has 1 aromatic rings. The fraction of sp³-hybridized carbons (Fsp3) is 0.500. The van der Waals surface area contributed by atoms with Gasteiger partial charge in [0, 0.05) is 11.5 Å². The number of rotatable bonds is 1. The molecule has 0 saturated heterocycles. The molecule has 1 N–H and O–H groups in total. The van der Waals surface area contributed by atoms with Crippen LogP contribution >= 0.6 is 0 Å². The molecule has 90 valence electrons. The molecular formula is C14H16O3. The zero-order valence-corrected chi connectivity index (χ0v) is 9.63. The summed E-state index contributed by atoms with van der Waals surface area (Å²) in [6, 6.07) is 7.57. The molecule has 1 aliphatic heterocycles. The van der Waals surface area contributed by atoms with Gasteiger partial charge in [-0.25, -0.2) is 0 Å². The van der Waals surface area contributed by atoms with Gasteiger partial charge in [-0.15, -0.1) is 0 Å². The van der Waals surface area contributed by atoms with Gasteiger partial charge in [0.15, 0.2) is 0 Å². The van der Waals surface area contributed by atoms with Crippen LogP contribution in [-0.4, -0.2) is 17.2 Å². The van der Waals surface area contributed by atoms with Crippen LogP contribution in [0.1, 0.15) is 37.2 Å². The SMILES string of the molecule is O=C(O)[C@@H]1c2ccccc2O[C@@H]2CCCC[C@@H]12. The summed E-state index contributed by atoms with van der Waals surface area (Å²) in [5, 5.41) is 9.47. The molecule has 1 fully saturated rings. The van der Waals surface area contributed by atoms with E-state index in [9.17, 15) is 9.90 Å². The van der Waals surface area contributed by atoms with E-state index < -0.39 is 5.97 Å². The van der Waals surface area contributed by atoms with Gasteiger partial charge in [0.2, 0.25) is 0 Å². The first-order valence-corrected chi connectivity index (χ1v) is 6.26. The summed E-state index contributed by atoms with van der Waals surface area (Å²) in [5.41, 5.74) is 0.850. The topological polar surface area (TPSA) is 46.5 Å². The minimum atomic E-state index is -0.711. The number of ether oxygens (including phenoxy) is 1. The lowest BCUT2D eigenvalue weighted by Gasteiger charge is -2.40. The highest BCUT2D eigenvalue weighted by molar-refractivity contribution is 5.78. The first kappa shape index (κ1) is 10.6. The van der Waals surface area contributed by atoms with Crippen molar-refractivity contribution in [2.75, 3.05) is 0 Å². The average Bonchev–Trinajstić information content (AvgIpc) is 2.35. The Morgan fingerprint density at radius 2 is 2.00 bits per heavy atom. The molecule has 1 heterocycles. The van der Waals surface area contributed by atoms with Crippen molar-refractivity contribution in [2.24, 2.45) is 5.92 Å². The Labute approximate surface area is 100 Å². The number of carboxylic acid groups (broad SMARTS) is 1. The molecule has 0 aromatic heterocycles. The van der Waals surface area contributed by atoms with Crippen molar-refractivity contribution in [2.45, 2.75) is 37.7 Å². The minimum absolute atomic E-state index is 0.0970. The monoisotopic (exact) mass is 232 g/mol. The van der Waals surface area contributed by atoms with Crippen molar-refractivity contribution < 1.29 is 14.6 Å². The van der Waals surface area contributed by atoms with E-state index in [-0.39, 0.29) is 17.9 Å². The highest BCUT2D eigenvalue weighted by atomic mass is 16.5. The van der Waals surface area contributed by atoms with Crippen LogP contribution in [0.4, 0.5) is 0 Å². The lowest BCUT2D eigenvalue weighted by molar-refractivity contribution is -0.142. The molecule has 0 spiro atoms. The summed E-state index contributed by atoms with van der Waals surface area (Å²) in [6.07, 6.45) is 4.32. The van der Waals surface area contributed by atoms with E-state index in [0.717, 1.165) is 37.0 Å². The summed E-state index contributed by atoms with van der Waals surface area (Å²) in [7, 11) is 0. The molecule has 0 bridgehead atoms. The van der Waals surface area contributed by atoms with Crippen molar-refractivity contribution in [3.8, 4) is 5.75 Å². The number of carboxylic acids is 1. The second kappa shape index (κ2) is 4.06. The van der Waals surface area contributed by atoms with E-state index in [1.54, 1.807) is 0 Å². The Morgan fingerprint density at radius 1 is 1.24 bits per heavy atom. The van der Waals surface area contributed by atoms with Gasteiger partial charge in [0.1, 0.15) is 11.9 Å². The van der Waals surface area contributed by atoms with Crippen molar-refractivity contribution >= 4 is 5.97 Å².